The summed E-state index contributed by atoms with van der Waals surface area (Å²) in [7, 11) is 0. The van der Waals surface area contributed by atoms with Gasteiger partial charge in [-0.15, -0.1) is 10.2 Å². The van der Waals surface area contributed by atoms with Crippen molar-refractivity contribution in [3.63, 3.8) is 0 Å². The van der Waals surface area contributed by atoms with Crippen LogP contribution in [0.1, 0.15) is 25.0 Å². The van der Waals surface area contributed by atoms with E-state index < -0.39 is 0 Å². The van der Waals surface area contributed by atoms with Crippen LogP contribution in [0, 0.1) is 13.8 Å². The summed E-state index contributed by atoms with van der Waals surface area (Å²) in [6.45, 7) is 7.64. The fourth-order valence-electron chi connectivity index (χ4n) is 1.48. The van der Waals surface area contributed by atoms with Crippen LogP contribution < -0.4 is 5.32 Å². The van der Waals surface area contributed by atoms with Crippen LogP contribution >= 0.6 is 23.1 Å². The van der Waals surface area contributed by atoms with E-state index >= 15 is 0 Å². The van der Waals surface area contributed by atoms with Crippen molar-refractivity contribution < 1.29 is 4.79 Å². The molecule has 2 aromatic rings. The number of anilines is 2. The summed E-state index contributed by atoms with van der Waals surface area (Å²) in [6.07, 6.45) is 0. The van der Waals surface area contributed by atoms with Gasteiger partial charge in [0.15, 0.2) is 4.34 Å². The van der Waals surface area contributed by atoms with Crippen LogP contribution in [0.25, 0.3) is 0 Å². The molecule has 20 heavy (non-hydrogen) atoms. The smallest absolute Gasteiger partial charge is 0.210 e. The van der Waals surface area contributed by atoms with Gasteiger partial charge in [-0.3, -0.25) is 4.79 Å². The molecule has 4 nitrogen and oxygen atoms in total. The van der Waals surface area contributed by atoms with Crippen molar-refractivity contribution in [2.75, 3.05) is 5.32 Å². The van der Waals surface area contributed by atoms with Crippen molar-refractivity contribution in [2.24, 2.45) is 0 Å². The minimum atomic E-state index is -0.0857. The number of rotatable bonds is 5. The average molecular weight is 307 g/mol. The molecule has 2 rings (SSSR count). The zero-order chi connectivity index (χ0) is 14.7. The Morgan fingerprint density at radius 3 is 2.70 bits per heavy atom. The number of aryl methyl sites for hydroxylation is 2. The highest BCUT2D eigenvalue weighted by molar-refractivity contribution is 8.02. The van der Waals surface area contributed by atoms with Crippen LogP contribution in [0.3, 0.4) is 0 Å². The van der Waals surface area contributed by atoms with Crippen molar-refractivity contribution in [1.82, 2.24) is 10.2 Å². The SMILES string of the molecule is CC(=O)C(C)Sc1nnc(Nc2ccc(C)c(C)c2)s1. The first-order chi connectivity index (χ1) is 9.45. The Labute approximate surface area is 127 Å². The Hall–Kier alpha value is -1.40. The summed E-state index contributed by atoms with van der Waals surface area (Å²) < 4.78 is 0.805. The van der Waals surface area contributed by atoms with Gasteiger partial charge in [-0.2, -0.15) is 0 Å². The number of thioether (sulfide) groups is 1. The summed E-state index contributed by atoms with van der Waals surface area (Å²) in [5, 5.41) is 12.1. The number of hydrogen-bond donors (Lipinski definition) is 1. The van der Waals surface area contributed by atoms with Gasteiger partial charge in [0, 0.05) is 5.69 Å². The Bertz CT molecular complexity index is 625. The van der Waals surface area contributed by atoms with Crippen molar-refractivity contribution in [1.29, 1.82) is 0 Å². The van der Waals surface area contributed by atoms with Gasteiger partial charge < -0.3 is 5.32 Å². The fourth-order valence-corrected chi connectivity index (χ4v) is 3.40. The molecular formula is C14H17N3OS2. The monoisotopic (exact) mass is 307 g/mol. The Balaban J connectivity index is 2.05. The third-order valence-electron chi connectivity index (χ3n) is 3.01. The third kappa shape index (κ3) is 3.80. The van der Waals surface area contributed by atoms with Crippen LogP contribution in [0.2, 0.25) is 0 Å². The molecule has 0 radical (unpaired) electrons. The topological polar surface area (TPSA) is 54.9 Å². The van der Waals surface area contributed by atoms with Crippen LogP contribution in [0.4, 0.5) is 10.8 Å². The average Bonchev–Trinajstić information content (AvgIpc) is 2.81. The Kier molecular flexibility index (Phi) is 4.77. The van der Waals surface area contributed by atoms with Gasteiger partial charge >= 0.3 is 0 Å². The quantitative estimate of drug-likeness (QED) is 0.847. The van der Waals surface area contributed by atoms with Gasteiger partial charge in [0.05, 0.1) is 5.25 Å². The van der Waals surface area contributed by atoms with E-state index in [9.17, 15) is 4.79 Å². The highest BCUT2D eigenvalue weighted by atomic mass is 32.2. The second-order valence-electron chi connectivity index (χ2n) is 4.67. The molecule has 1 aromatic heterocycles. The van der Waals surface area contributed by atoms with Crippen molar-refractivity contribution in [2.45, 2.75) is 37.3 Å². The van der Waals surface area contributed by atoms with E-state index in [1.165, 1.54) is 34.2 Å². The zero-order valence-corrected chi connectivity index (χ0v) is 13.6. The maximum atomic E-state index is 11.2. The van der Waals surface area contributed by atoms with Gasteiger partial charge in [-0.05, 0) is 51.0 Å². The van der Waals surface area contributed by atoms with Crippen LogP contribution in [0.15, 0.2) is 22.5 Å². The van der Waals surface area contributed by atoms with Gasteiger partial charge in [-0.1, -0.05) is 29.2 Å². The van der Waals surface area contributed by atoms with E-state index in [1.54, 1.807) is 6.92 Å². The van der Waals surface area contributed by atoms with E-state index in [1.807, 2.05) is 13.0 Å². The molecule has 0 aliphatic rings. The lowest BCUT2D eigenvalue weighted by atomic mass is 10.1. The molecule has 1 atom stereocenters. The molecule has 1 heterocycles. The van der Waals surface area contributed by atoms with E-state index in [2.05, 4.69) is 41.5 Å². The van der Waals surface area contributed by atoms with Crippen LogP contribution in [0.5, 0.6) is 0 Å². The fraction of sp³-hybridized carbons (Fsp3) is 0.357. The molecule has 0 aliphatic carbocycles. The third-order valence-corrected chi connectivity index (χ3v) is 5.16. The van der Waals surface area contributed by atoms with E-state index in [4.69, 9.17) is 0 Å². The lowest BCUT2D eigenvalue weighted by Crippen LogP contribution is -2.07. The molecule has 106 valence electrons. The molecule has 0 saturated heterocycles. The first-order valence-corrected chi connectivity index (χ1v) is 8.00. The maximum absolute atomic E-state index is 11.2. The molecule has 1 unspecified atom stereocenters. The molecule has 1 N–H and O–H groups in total. The molecule has 0 saturated carbocycles. The number of nitrogens with zero attached hydrogens (tertiary/aromatic N) is 2. The van der Waals surface area contributed by atoms with Gasteiger partial charge in [0.2, 0.25) is 5.13 Å². The summed E-state index contributed by atoms with van der Waals surface area (Å²) in [6, 6.07) is 6.18. The number of benzene rings is 1. The van der Waals surface area contributed by atoms with Crippen LogP contribution in [-0.4, -0.2) is 21.2 Å². The van der Waals surface area contributed by atoms with Crippen LogP contribution in [-0.2, 0) is 4.79 Å². The number of nitrogens with one attached hydrogen (secondary N) is 1. The molecular weight excluding hydrogens is 290 g/mol. The summed E-state index contributed by atoms with van der Waals surface area (Å²) >= 11 is 2.90. The molecule has 0 bridgehead atoms. The summed E-state index contributed by atoms with van der Waals surface area (Å²) in [4.78, 5) is 11.2. The van der Waals surface area contributed by atoms with E-state index in [0.717, 1.165) is 15.2 Å². The predicted octanol–water partition coefficient (Wildman–Crippen LogP) is 3.97. The summed E-state index contributed by atoms with van der Waals surface area (Å²) in [5.41, 5.74) is 3.50. The summed E-state index contributed by atoms with van der Waals surface area (Å²) in [5.74, 6) is 0.147. The molecule has 1 aromatic carbocycles. The molecule has 0 spiro atoms. The predicted molar refractivity (Wildman–Crippen MR) is 85.1 cm³/mol. The minimum absolute atomic E-state index is 0.0857. The highest BCUT2D eigenvalue weighted by Crippen LogP contribution is 2.30. The lowest BCUT2D eigenvalue weighted by molar-refractivity contribution is -0.116. The van der Waals surface area contributed by atoms with Gasteiger partial charge in [0.25, 0.3) is 0 Å². The second-order valence-corrected chi connectivity index (χ2v) is 7.23. The Morgan fingerprint density at radius 2 is 2.05 bits per heavy atom. The van der Waals surface area contributed by atoms with E-state index in [-0.39, 0.29) is 11.0 Å². The number of hydrogen-bond acceptors (Lipinski definition) is 6. The molecule has 6 heteroatoms. The Morgan fingerprint density at radius 1 is 1.30 bits per heavy atom. The largest absolute Gasteiger partial charge is 0.330 e. The number of Topliss-reactive ketones (excluding diaryl/α,β-unsaturated/α-hetero) is 1. The maximum Gasteiger partial charge on any atom is 0.210 e. The minimum Gasteiger partial charge on any atom is -0.330 e. The number of carbonyl (C=O) groups excluding carboxylic acids is 1. The van der Waals surface area contributed by atoms with Crippen molar-refractivity contribution >= 4 is 39.7 Å². The van der Waals surface area contributed by atoms with Gasteiger partial charge in [0.1, 0.15) is 5.78 Å². The van der Waals surface area contributed by atoms with Crippen molar-refractivity contribution in [3.05, 3.63) is 29.3 Å². The number of aromatic nitrogens is 2. The first kappa shape index (κ1) is 15.0. The lowest BCUT2D eigenvalue weighted by Gasteiger charge is -2.05. The highest BCUT2D eigenvalue weighted by Gasteiger charge is 2.13. The first-order valence-electron chi connectivity index (χ1n) is 6.30. The molecule has 0 aliphatic heterocycles. The second kappa shape index (κ2) is 6.37. The number of ketones is 1. The standard InChI is InChI=1S/C14H17N3OS2/c1-8-5-6-12(7-9(8)2)15-13-16-17-14(20-13)19-11(4)10(3)18/h5-7,11H,1-4H3,(H,15,16). The molecule has 0 fully saturated rings. The zero-order valence-electron chi connectivity index (χ0n) is 11.9. The van der Waals surface area contributed by atoms with E-state index in [0.29, 0.717) is 0 Å². The molecule has 0 amide bonds. The normalized spacial score (nSPS) is 12.2. The van der Waals surface area contributed by atoms with Gasteiger partial charge in [-0.25, -0.2) is 0 Å². The number of carbonyl (C=O) groups is 1. The van der Waals surface area contributed by atoms with Crippen molar-refractivity contribution in [3.8, 4) is 0 Å².